The van der Waals surface area contributed by atoms with E-state index in [9.17, 15) is 0 Å². The molecule has 4 heteroatoms. The first-order chi connectivity index (χ1) is 6.45. The van der Waals surface area contributed by atoms with E-state index in [4.69, 9.17) is 4.74 Å². The number of hydrazine groups is 1. The predicted molar refractivity (Wildman–Crippen MR) is 50.0 cm³/mol. The molecule has 4 nitrogen and oxygen atoms in total. The van der Waals surface area contributed by atoms with Gasteiger partial charge in [0.25, 0.3) is 0 Å². The number of hydrogen-bond acceptors (Lipinski definition) is 3. The average molecular weight is 181 g/mol. The first-order valence-corrected chi connectivity index (χ1v) is 4.63. The number of rotatable bonds is 3. The van der Waals surface area contributed by atoms with Crippen molar-refractivity contribution in [2.45, 2.75) is 6.54 Å². The van der Waals surface area contributed by atoms with E-state index in [1.54, 1.807) is 0 Å². The van der Waals surface area contributed by atoms with E-state index in [1.807, 2.05) is 12.4 Å². The second kappa shape index (κ2) is 4.41. The van der Waals surface area contributed by atoms with Crippen LogP contribution >= 0.6 is 0 Å². The number of H-pyrrole nitrogens is 1. The number of nitrogens with one attached hydrogen (secondary N) is 2. The molecule has 0 aromatic carbocycles. The van der Waals surface area contributed by atoms with Gasteiger partial charge < -0.3 is 9.72 Å². The van der Waals surface area contributed by atoms with E-state index in [0.717, 1.165) is 32.8 Å². The predicted octanol–water partition coefficient (Wildman–Crippen LogP) is 0.351. The first-order valence-electron chi connectivity index (χ1n) is 4.63. The maximum absolute atomic E-state index is 5.25. The minimum absolute atomic E-state index is 0.833. The molecule has 0 bridgehead atoms. The molecule has 1 aromatic rings. The van der Waals surface area contributed by atoms with Crippen LogP contribution in [0.15, 0.2) is 18.5 Å². The Bertz CT molecular complexity index is 229. The van der Waals surface area contributed by atoms with Crippen LogP contribution in [0.1, 0.15) is 5.56 Å². The van der Waals surface area contributed by atoms with Crippen molar-refractivity contribution in [3.05, 3.63) is 24.0 Å². The van der Waals surface area contributed by atoms with Gasteiger partial charge >= 0.3 is 0 Å². The van der Waals surface area contributed by atoms with E-state index in [0.29, 0.717) is 0 Å². The molecule has 1 fully saturated rings. The van der Waals surface area contributed by atoms with Crippen LogP contribution in [-0.4, -0.2) is 36.3 Å². The molecule has 0 amide bonds. The maximum atomic E-state index is 5.25. The summed E-state index contributed by atoms with van der Waals surface area (Å²) < 4.78 is 5.25. The van der Waals surface area contributed by atoms with E-state index in [1.165, 1.54) is 5.56 Å². The van der Waals surface area contributed by atoms with Crippen LogP contribution in [-0.2, 0) is 11.3 Å². The Morgan fingerprint density at radius 1 is 1.46 bits per heavy atom. The van der Waals surface area contributed by atoms with Crippen molar-refractivity contribution in [2.75, 3.05) is 26.3 Å². The maximum Gasteiger partial charge on any atom is 0.0608 e. The second-order valence-corrected chi connectivity index (χ2v) is 3.15. The molecule has 2 heterocycles. The third kappa shape index (κ3) is 2.55. The standard InChI is InChI=1S/C9H15N3O/c1-2-10-7-9(1)8-11-12-3-5-13-6-4-12/h1-2,7,10-11H,3-6,8H2. The molecule has 1 aromatic heterocycles. The fraction of sp³-hybridized carbons (Fsp3) is 0.556. The summed E-state index contributed by atoms with van der Waals surface area (Å²) in [5.41, 5.74) is 4.64. The van der Waals surface area contributed by atoms with Crippen molar-refractivity contribution in [3.8, 4) is 0 Å². The van der Waals surface area contributed by atoms with Crippen molar-refractivity contribution in [2.24, 2.45) is 0 Å². The molecule has 1 aliphatic rings. The van der Waals surface area contributed by atoms with Crippen molar-refractivity contribution in [3.63, 3.8) is 0 Å². The summed E-state index contributed by atoms with van der Waals surface area (Å²) in [6, 6.07) is 2.08. The lowest BCUT2D eigenvalue weighted by molar-refractivity contribution is 0.0106. The number of morpholine rings is 1. The van der Waals surface area contributed by atoms with Crippen LogP contribution in [0.25, 0.3) is 0 Å². The van der Waals surface area contributed by atoms with Gasteiger partial charge in [-0.15, -0.1) is 0 Å². The van der Waals surface area contributed by atoms with Crippen LogP contribution in [0, 0.1) is 0 Å². The van der Waals surface area contributed by atoms with Gasteiger partial charge in [-0.3, -0.25) is 5.43 Å². The van der Waals surface area contributed by atoms with E-state index < -0.39 is 0 Å². The van der Waals surface area contributed by atoms with Gasteiger partial charge in [-0.25, -0.2) is 5.01 Å². The number of ether oxygens (including phenoxy) is 1. The van der Waals surface area contributed by atoms with Gasteiger partial charge in [0, 0.05) is 32.0 Å². The Morgan fingerprint density at radius 3 is 3.00 bits per heavy atom. The summed E-state index contributed by atoms with van der Waals surface area (Å²) in [5.74, 6) is 0. The first kappa shape index (κ1) is 8.74. The highest BCUT2D eigenvalue weighted by molar-refractivity contribution is 5.07. The van der Waals surface area contributed by atoms with Crippen LogP contribution < -0.4 is 5.43 Å². The minimum atomic E-state index is 0.833. The summed E-state index contributed by atoms with van der Waals surface area (Å²) >= 11 is 0. The number of aromatic nitrogens is 1. The minimum Gasteiger partial charge on any atom is -0.379 e. The van der Waals surface area contributed by atoms with E-state index in [-0.39, 0.29) is 0 Å². The normalized spacial score (nSPS) is 19.1. The quantitative estimate of drug-likeness (QED) is 0.707. The smallest absolute Gasteiger partial charge is 0.0608 e. The van der Waals surface area contributed by atoms with Crippen molar-refractivity contribution < 1.29 is 4.74 Å². The summed E-state index contributed by atoms with van der Waals surface area (Å²) in [6.45, 7) is 4.51. The Balaban J connectivity index is 1.72. The van der Waals surface area contributed by atoms with Gasteiger partial charge in [0.2, 0.25) is 0 Å². The molecule has 0 radical (unpaired) electrons. The molecule has 13 heavy (non-hydrogen) atoms. The molecule has 0 saturated carbocycles. The Labute approximate surface area is 77.9 Å². The third-order valence-corrected chi connectivity index (χ3v) is 2.18. The molecule has 0 spiro atoms. The Hall–Kier alpha value is -0.840. The number of aromatic amines is 1. The molecular weight excluding hydrogens is 166 g/mol. The number of hydrogen-bond donors (Lipinski definition) is 2. The fourth-order valence-electron chi connectivity index (χ4n) is 1.39. The lowest BCUT2D eigenvalue weighted by Gasteiger charge is -2.26. The third-order valence-electron chi connectivity index (χ3n) is 2.18. The topological polar surface area (TPSA) is 40.3 Å². The van der Waals surface area contributed by atoms with Gasteiger partial charge in [0.15, 0.2) is 0 Å². The van der Waals surface area contributed by atoms with Gasteiger partial charge in [-0.2, -0.15) is 0 Å². The van der Waals surface area contributed by atoms with Crippen LogP contribution in [0.5, 0.6) is 0 Å². The summed E-state index contributed by atoms with van der Waals surface area (Å²) in [5, 5.41) is 2.20. The van der Waals surface area contributed by atoms with E-state index >= 15 is 0 Å². The molecule has 1 saturated heterocycles. The van der Waals surface area contributed by atoms with Crippen molar-refractivity contribution in [1.29, 1.82) is 0 Å². The lowest BCUT2D eigenvalue weighted by Crippen LogP contribution is -2.45. The fourth-order valence-corrected chi connectivity index (χ4v) is 1.39. The lowest BCUT2D eigenvalue weighted by atomic mass is 10.3. The van der Waals surface area contributed by atoms with Crippen molar-refractivity contribution >= 4 is 0 Å². The highest BCUT2D eigenvalue weighted by Gasteiger charge is 2.08. The highest BCUT2D eigenvalue weighted by Crippen LogP contribution is 1.98. The highest BCUT2D eigenvalue weighted by atomic mass is 16.5. The van der Waals surface area contributed by atoms with Crippen LogP contribution in [0.3, 0.4) is 0 Å². The molecule has 0 aliphatic carbocycles. The summed E-state index contributed by atoms with van der Waals surface area (Å²) in [4.78, 5) is 3.03. The molecule has 2 N–H and O–H groups in total. The molecular formula is C9H15N3O. The summed E-state index contributed by atoms with van der Waals surface area (Å²) in [6.07, 6.45) is 3.95. The monoisotopic (exact) mass is 181 g/mol. The van der Waals surface area contributed by atoms with Crippen molar-refractivity contribution in [1.82, 2.24) is 15.4 Å². The Kier molecular flexibility index (Phi) is 2.97. The zero-order chi connectivity index (χ0) is 8.93. The van der Waals surface area contributed by atoms with E-state index in [2.05, 4.69) is 21.5 Å². The zero-order valence-corrected chi connectivity index (χ0v) is 7.62. The summed E-state index contributed by atoms with van der Waals surface area (Å²) in [7, 11) is 0. The number of nitrogens with zero attached hydrogens (tertiary/aromatic N) is 1. The van der Waals surface area contributed by atoms with Gasteiger partial charge in [0.1, 0.15) is 0 Å². The second-order valence-electron chi connectivity index (χ2n) is 3.15. The SMILES string of the molecule is c1cc(CNN2CCOCC2)c[nH]1. The molecule has 72 valence electrons. The molecule has 0 unspecified atom stereocenters. The Morgan fingerprint density at radius 2 is 2.31 bits per heavy atom. The zero-order valence-electron chi connectivity index (χ0n) is 7.62. The molecule has 1 aliphatic heterocycles. The van der Waals surface area contributed by atoms with Gasteiger partial charge in [-0.05, 0) is 11.6 Å². The van der Waals surface area contributed by atoms with Crippen LogP contribution in [0.4, 0.5) is 0 Å². The van der Waals surface area contributed by atoms with Gasteiger partial charge in [-0.1, -0.05) is 0 Å². The average Bonchev–Trinajstić information content (AvgIpc) is 2.69. The molecule has 0 atom stereocenters. The molecule has 2 rings (SSSR count). The van der Waals surface area contributed by atoms with Gasteiger partial charge in [0.05, 0.1) is 13.2 Å². The van der Waals surface area contributed by atoms with Crippen LogP contribution in [0.2, 0.25) is 0 Å². The largest absolute Gasteiger partial charge is 0.379 e.